The lowest BCUT2D eigenvalue weighted by Crippen LogP contribution is -2.64. The molecule has 13 aromatic carbocycles. The summed E-state index contributed by atoms with van der Waals surface area (Å²) in [5, 5.41) is 0. The van der Waals surface area contributed by atoms with Crippen molar-refractivity contribution in [3.63, 3.8) is 0 Å². The molecule has 6 nitrogen and oxygen atoms in total. The van der Waals surface area contributed by atoms with Gasteiger partial charge in [0.2, 0.25) is 0 Å². The number of hydrogen-bond acceptors (Lipinski definition) is 7. The van der Waals surface area contributed by atoms with Crippen LogP contribution in [0, 0.1) is 0 Å². The normalized spacial score (nSPS) is 12.8. The van der Waals surface area contributed by atoms with Crippen LogP contribution in [-0.2, 0) is 0 Å². The molecular weight excluding hydrogens is 1120 g/mol. The van der Waals surface area contributed by atoms with Crippen LogP contribution >= 0.6 is 11.3 Å². The number of nitrogens with zero attached hydrogens (tertiary/aromatic N) is 5. The molecule has 14 aromatic rings. The Balaban J connectivity index is 0.954. The summed E-state index contributed by atoms with van der Waals surface area (Å²) in [5.41, 5.74) is 25.6. The van der Waals surface area contributed by atoms with Crippen molar-refractivity contribution in [2.24, 2.45) is 0 Å². The number of anilines is 15. The number of para-hydroxylation sites is 8. The largest absolute Gasteiger partial charge is 0.458 e. The minimum absolute atomic E-state index is 0.183. The average Bonchev–Trinajstić information content (AvgIpc) is 1.60. The van der Waals surface area contributed by atoms with Gasteiger partial charge in [0.25, 0.3) is 13.4 Å². The van der Waals surface area contributed by atoms with Crippen molar-refractivity contribution in [2.75, 3.05) is 24.5 Å². The molecule has 5 heterocycles. The third-order valence-electron chi connectivity index (χ3n) is 18.4. The second-order valence-corrected chi connectivity index (χ2v) is 24.6. The molecule has 0 radical (unpaired) electrons. The lowest BCUT2D eigenvalue weighted by molar-refractivity contribution is 0.488. The first-order valence-electron chi connectivity index (χ1n) is 31.1. The summed E-state index contributed by atoms with van der Waals surface area (Å²) >= 11 is 1.92. The summed E-state index contributed by atoms with van der Waals surface area (Å²) in [6, 6.07) is 122. The third kappa shape index (κ3) is 8.57. The molecule has 1 aromatic heterocycles. The van der Waals surface area contributed by atoms with Crippen molar-refractivity contribution < 1.29 is 4.74 Å². The summed E-state index contributed by atoms with van der Waals surface area (Å²) in [4.78, 5) is 13.6. The molecule has 0 fully saturated rings. The highest BCUT2D eigenvalue weighted by molar-refractivity contribution is 7.31. The second kappa shape index (κ2) is 21.7. The highest BCUT2D eigenvalue weighted by atomic mass is 32.1. The summed E-state index contributed by atoms with van der Waals surface area (Å²) in [6.45, 7) is -0.425. The van der Waals surface area contributed by atoms with E-state index < -0.39 is 0 Å². The summed E-state index contributed by atoms with van der Waals surface area (Å²) in [5.74, 6) is 1.64. The number of thiophene rings is 1. The standard InChI is InChI=1S/C82H55B2N5OS/c1-10-30-56(31-11-1)77-80-82(91-81(77)57-32-12-2-13-33-57)84-69-54-68-71(55-75(69)90-76-53-66(52-74(79(76)84)89(80)64-46-26-9-27-47-64)86(60-38-18-5-19-39-60)61-40-20-6-21-41-61)88(63-44-24-8-25-45-63)73-51-65(85(58-34-14-3-15-35-58)59-36-16-4-17-37-59)50-72-78(73)83(68)67-48-28-29-49-70(67)87(72)62-42-22-7-23-43-62/h1-55H. The van der Waals surface area contributed by atoms with Crippen molar-refractivity contribution in [1.82, 2.24) is 0 Å². The first-order chi connectivity index (χ1) is 45.2. The molecule has 0 unspecified atom stereocenters. The van der Waals surface area contributed by atoms with E-state index in [1.807, 2.05) is 11.3 Å². The van der Waals surface area contributed by atoms with E-state index in [1.165, 1.54) is 42.9 Å². The zero-order valence-corrected chi connectivity index (χ0v) is 50.3. The molecule has 4 aliphatic heterocycles. The molecule has 0 atom stereocenters. The molecule has 18 rings (SSSR count). The van der Waals surface area contributed by atoms with Gasteiger partial charge in [-0.3, -0.25) is 0 Å². The summed E-state index contributed by atoms with van der Waals surface area (Å²) in [6.07, 6.45) is 0. The van der Waals surface area contributed by atoms with Crippen molar-refractivity contribution >= 4 is 142 Å². The van der Waals surface area contributed by atoms with Gasteiger partial charge in [-0.2, -0.15) is 0 Å². The van der Waals surface area contributed by atoms with Crippen LogP contribution in [0.25, 0.3) is 21.6 Å². The van der Waals surface area contributed by atoms with Gasteiger partial charge in [0.05, 0.1) is 17.1 Å². The van der Waals surface area contributed by atoms with Crippen LogP contribution in [-0.4, -0.2) is 13.4 Å². The van der Waals surface area contributed by atoms with Crippen molar-refractivity contribution in [1.29, 1.82) is 0 Å². The van der Waals surface area contributed by atoms with Gasteiger partial charge in [-0.25, -0.2) is 0 Å². The highest BCUT2D eigenvalue weighted by Crippen LogP contribution is 2.54. The first-order valence-corrected chi connectivity index (χ1v) is 32.0. The Hall–Kier alpha value is -11.5. The van der Waals surface area contributed by atoms with Crippen LogP contribution < -0.4 is 61.3 Å². The first kappa shape index (κ1) is 52.6. The van der Waals surface area contributed by atoms with Gasteiger partial charge in [0.1, 0.15) is 11.5 Å². The number of rotatable bonds is 11. The van der Waals surface area contributed by atoms with Crippen LogP contribution in [0.15, 0.2) is 334 Å². The molecule has 426 valence electrons. The van der Waals surface area contributed by atoms with E-state index >= 15 is 0 Å². The predicted molar refractivity (Wildman–Crippen MR) is 384 cm³/mol. The highest BCUT2D eigenvalue weighted by Gasteiger charge is 2.50. The van der Waals surface area contributed by atoms with Crippen LogP contribution in [0.5, 0.6) is 11.5 Å². The summed E-state index contributed by atoms with van der Waals surface area (Å²) in [7, 11) is 0. The maximum absolute atomic E-state index is 7.87. The lowest BCUT2D eigenvalue weighted by atomic mass is 9.31. The molecule has 4 aliphatic rings. The average molecular weight is 1180 g/mol. The van der Waals surface area contributed by atoms with Crippen molar-refractivity contribution in [2.45, 2.75) is 0 Å². The van der Waals surface area contributed by atoms with Gasteiger partial charge >= 0.3 is 0 Å². The lowest BCUT2D eigenvalue weighted by Gasteiger charge is -2.46. The third-order valence-corrected chi connectivity index (χ3v) is 19.7. The Labute approximate surface area is 534 Å². The van der Waals surface area contributed by atoms with E-state index in [-0.39, 0.29) is 13.4 Å². The fourth-order valence-corrected chi connectivity index (χ4v) is 16.1. The van der Waals surface area contributed by atoms with Gasteiger partial charge in [-0.15, -0.1) is 11.3 Å². The minimum Gasteiger partial charge on any atom is -0.458 e. The molecule has 0 amide bonds. The van der Waals surface area contributed by atoms with Crippen LogP contribution in [0.1, 0.15) is 0 Å². The zero-order chi connectivity index (χ0) is 59.9. The monoisotopic (exact) mass is 1180 g/mol. The van der Waals surface area contributed by atoms with Crippen LogP contribution in [0.3, 0.4) is 0 Å². The maximum atomic E-state index is 7.87. The summed E-state index contributed by atoms with van der Waals surface area (Å²) < 4.78 is 9.13. The molecular formula is C82H55B2N5OS. The van der Waals surface area contributed by atoms with Crippen LogP contribution in [0.2, 0.25) is 0 Å². The van der Waals surface area contributed by atoms with Gasteiger partial charge in [-0.1, -0.05) is 212 Å². The fraction of sp³-hybridized carbons (Fsp3) is 0. The van der Waals surface area contributed by atoms with Gasteiger partial charge < -0.3 is 29.2 Å². The molecule has 0 aliphatic carbocycles. The van der Waals surface area contributed by atoms with Gasteiger partial charge in [-0.05, 0) is 148 Å². The Morgan fingerprint density at radius 3 is 1.20 bits per heavy atom. The topological polar surface area (TPSA) is 25.4 Å². The minimum atomic E-state index is -0.242. The maximum Gasteiger partial charge on any atom is 0.268 e. The second-order valence-electron chi connectivity index (χ2n) is 23.5. The Morgan fingerprint density at radius 2 is 0.692 bits per heavy atom. The van der Waals surface area contributed by atoms with E-state index in [4.69, 9.17) is 4.74 Å². The van der Waals surface area contributed by atoms with Crippen molar-refractivity contribution in [3.05, 3.63) is 334 Å². The number of fused-ring (bicyclic) bond motifs is 8. The molecule has 0 bridgehead atoms. The Morgan fingerprint density at radius 1 is 0.286 bits per heavy atom. The predicted octanol–water partition coefficient (Wildman–Crippen LogP) is 18.5. The van der Waals surface area contributed by atoms with E-state index in [2.05, 4.69) is 358 Å². The Bertz CT molecular complexity index is 4970. The van der Waals surface area contributed by atoms with E-state index in [0.717, 1.165) is 108 Å². The van der Waals surface area contributed by atoms with Crippen molar-refractivity contribution in [3.8, 4) is 33.1 Å². The molecule has 91 heavy (non-hydrogen) atoms. The fourth-order valence-electron chi connectivity index (χ4n) is 14.7. The van der Waals surface area contributed by atoms with Gasteiger partial charge in [0.15, 0.2) is 0 Å². The van der Waals surface area contributed by atoms with E-state index in [0.29, 0.717) is 0 Å². The van der Waals surface area contributed by atoms with E-state index in [1.54, 1.807) is 0 Å². The van der Waals surface area contributed by atoms with Crippen LogP contribution in [0.4, 0.5) is 85.3 Å². The smallest absolute Gasteiger partial charge is 0.268 e. The molecule has 0 saturated heterocycles. The van der Waals surface area contributed by atoms with Gasteiger partial charge in [0, 0.05) is 95.6 Å². The van der Waals surface area contributed by atoms with E-state index in [9.17, 15) is 0 Å². The quantitative estimate of drug-likeness (QED) is 0.120. The Kier molecular flexibility index (Phi) is 12.5. The molecule has 0 N–H and O–H groups in total. The number of benzene rings is 13. The number of hydrogen-bond donors (Lipinski definition) is 0. The zero-order valence-electron chi connectivity index (χ0n) is 49.5. The number of ether oxygens (including phenoxy) is 1. The molecule has 0 saturated carbocycles. The SMILES string of the molecule is c1ccc(-c2sc3c(c2-c2ccccc2)N(c2ccccc2)c2cc(N(c4ccccc4)c4ccccc4)cc4c2B3c2cc3c(cc2O4)N(c2ccccc2)c2cc(N(c4ccccc4)c4ccccc4)cc4c2B3c2ccccc2N4c2ccccc2)cc1. The molecule has 9 heteroatoms. The molecule has 0 spiro atoms.